The van der Waals surface area contributed by atoms with E-state index in [0.717, 1.165) is 0 Å². The zero-order valence-electron chi connectivity index (χ0n) is 14.7. The highest BCUT2D eigenvalue weighted by molar-refractivity contribution is 7.89. The lowest BCUT2D eigenvalue weighted by atomic mass is 9.84. The summed E-state index contributed by atoms with van der Waals surface area (Å²) >= 11 is 0. The van der Waals surface area contributed by atoms with Gasteiger partial charge in [-0.2, -0.15) is 0 Å². The Hall–Kier alpha value is -1.90. The maximum absolute atomic E-state index is 13.9. The molecule has 0 saturated heterocycles. The first-order chi connectivity index (χ1) is 12.6. The summed E-state index contributed by atoms with van der Waals surface area (Å²) in [6, 6.07) is 5.92. The quantitative estimate of drug-likeness (QED) is 0.823. The molecule has 3 rings (SSSR count). The van der Waals surface area contributed by atoms with Gasteiger partial charge in [0.05, 0.1) is 16.1 Å². The van der Waals surface area contributed by atoms with Gasteiger partial charge in [0, 0.05) is 18.2 Å². The second-order valence-corrected chi connectivity index (χ2v) is 8.88. The monoisotopic (exact) mass is 399 g/mol. The lowest BCUT2D eigenvalue weighted by Crippen LogP contribution is -2.42. The minimum Gasteiger partial charge on any atom is -0.390 e. The minimum atomic E-state index is -3.80. The van der Waals surface area contributed by atoms with Gasteiger partial charge >= 0.3 is 0 Å². The normalized spacial score (nSPS) is 23.4. The number of sulfonamides is 1. The number of hydrogen-bond donors (Lipinski definition) is 2. The topological polar surface area (TPSA) is 66.4 Å². The second kappa shape index (κ2) is 7.26. The predicted molar refractivity (Wildman–Crippen MR) is 95.0 cm³/mol. The van der Waals surface area contributed by atoms with Crippen LogP contribution < -0.4 is 4.72 Å². The molecule has 8 heteroatoms. The van der Waals surface area contributed by atoms with Gasteiger partial charge in [0.25, 0.3) is 0 Å². The molecular weight excluding hydrogens is 379 g/mol. The van der Waals surface area contributed by atoms with Gasteiger partial charge in [-0.05, 0) is 50.3 Å². The molecule has 2 aromatic carbocycles. The lowest BCUT2D eigenvalue weighted by Gasteiger charge is -2.33. The van der Waals surface area contributed by atoms with Crippen LogP contribution in [0.15, 0.2) is 41.3 Å². The van der Waals surface area contributed by atoms with Crippen molar-refractivity contribution in [2.45, 2.75) is 49.1 Å². The number of hydrogen-bond acceptors (Lipinski definition) is 3. The standard InChI is InChI=1S/C19H20F3NO3S/c1-19(24)8-6-14(7-9-19)23-27(25,26)15-4-2-12(3-5-15)18-16(21)10-13(20)11-17(18)22/h2-5,10-11,14,23-24H,6-9H2,1H3. The molecule has 2 aromatic rings. The van der Waals surface area contributed by atoms with Gasteiger partial charge < -0.3 is 5.11 Å². The Kier molecular flexibility index (Phi) is 5.33. The molecule has 1 fully saturated rings. The summed E-state index contributed by atoms with van der Waals surface area (Å²) in [6.45, 7) is 1.73. The molecule has 0 aliphatic heterocycles. The van der Waals surface area contributed by atoms with E-state index in [4.69, 9.17) is 0 Å². The van der Waals surface area contributed by atoms with Crippen molar-refractivity contribution in [3.63, 3.8) is 0 Å². The van der Waals surface area contributed by atoms with Crippen LogP contribution >= 0.6 is 0 Å². The van der Waals surface area contributed by atoms with E-state index in [1.807, 2.05) is 0 Å². The van der Waals surface area contributed by atoms with Crippen molar-refractivity contribution in [3.05, 3.63) is 53.8 Å². The summed E-state index contributed by atoms with van der Waals surface area (Å²) in [5.74, 6) is -3.14. The molecule has 0 heterocycles. The average molecular weight is 399 g/mol. The Morgan fingerprint density at radius 2 is 1.56 bits per heavy atom. The third kappa shape index (κ3) is 4.51. The number of rotatable bonds is 4. The molecule has 1 saturated carbocycles. The number of halogens is 3. The maximum Gasteiger partial charge on any atom is 0.240 e. The highest BCUT2D eigenvalue weighted by Gasteiger charge is 2.31. The molecule has 0 unspecified atom stereocenters. The third-order valence-electron chi connectivity index (χ3n) is 4.84. The molecule has 0 bridgehead atoms. The number of benzene rings is 2. The Labute approximate surface area is 156 Å². The molecule has 27 heavy (non-hydrogen) atoms. The molecular formula is C19H20F3NO3S. The SMILES string of the molecule is CC1(O)CCC(NS(=O)(=O)c2ccc(-c3c(F)cc(F)cc3F)cc2)CC1. The molecule has 0 radical (unpaired) electrons. The van der Waals surface area contributed by atoms with Gasteiger partial charge in [-0.15, -0.1) is 0 Å². The van der Waals surface area contributed by atoms with Crippen LogP contribution in [0.5, 0.6) is 0 Å². The smallest absolute Gasteiger partial charge is 0.240 e. The summed E-state index contributed by atoms with van der Waals surface area (Å²) in [6.07, 6.45) is 2.05. The predicted octanol–water partition coefficient (Wildman–Crippen LogP) is 3.74. The van der Waals surface area contributed by atoms with Crippen LogP contribution in [-0.2, 0) is 10.0 Å². The van der Waals surface area contributed by atoms with E-state index < -0.39 is 38.6 Å². The first-order valence-electron chi connectivity index (χ1n) is 8.57. The average Bonchev–Trinajstić information content (AvgIpc) is 2.56. The largest absolute Gasteiger partial charge is 0.390 e. The summed E-state index contributed by atoms with van der Waals surface area (Å²) < 4.78 is 68.4. The van der Waals surface area contributed by atoms with Gasteiger partial charge in [-0.25, -0.2) is 26.3 Å². The van der Waals surface area contributed by atoms with Crippen LogP contribution in [0.3, 0.4) is 0 Å². The highest BCUT2D eigenvalue weighted by Crippen LogP contribution is 2.30. The fourth-order valence-electron chi connectivity index (χ4n) is 3.26. The molecule has 1 aliphatic rings. The molecule has 1 aliphatic carbocycles. The van der Waals surface area contributed by atoms with Crippen LogP contribution in [-0.4, -0.2) is 25.2 Å². The van der Waals surface area contributed by atoms with E-state index in [2.05, 4.69) is 4.72 Å². The molecule has 0 amide bonds. The Balaban J connectivity index is 1.79. The zero-order valence-corrected chi connectivity index (χ0v) is 15.5. The van der Waals surface area contributed by atoms with Gasteiger partial charge in [0.15, 0.2) is 0 Å². The third-order valence-corrected chi connectivity index (χ3v) is 6.38. The summed E-state index contributed by atoms with van der Waals surface area (Å²) in [4.78, 5) is -0.0356. The Bertz CT molecular complexity index is 910. The fraction of sp³-hybridized carbons (Fsp3) is 0.368. The second-order valence-electron chi connectivity index (χ2n) is 7.16. The number of nitrogens with one attached hydrogen (secondary N) is 1. The van der Waals surface area contributed by atoms with Gasteiger partial charge in [-0.3, -0.25) is 0 Å². The van der Waals surface area contributed by atoms with E-state index in [9.17, 15) is 26.7 Å². The first-order valence-corrected chi connectivity index (χ1v) is 10.1. The summed E-state index contributed by atoms with van der Waals surface area (Å²) in [7, 11) is -3.80. The molecule has 4 nitrogen and oxygen atoms in total. The van der Waals surface area contributed by atoms with Crippen LogP contribution in [0.25, 0.3) is 11.1 Å². The van der Waals surface area contributed by atoms with Crippen molar-refractivity contribution in [2.75, 3.05) is 0 Å². The van der Waals surface area contributed by atoms with Crippen molar-refractivity contribution in [2.24, 2.45) is 0 Å². The minimum absolute atomic E-state index is 0.0356. The zero-order chi connectivity index (χ0) is 19.8. The van der Waals surface area contributed by atoms with E-state index in [-0.39, 0.29) is 16.5 Å². The van der Waals surface area contributed by atoms with Gasteiger partial charge in [-0.1, -0.05) is 12.1 Å². The fourth-order valence-corrected chi connectivity index (χ4v) is 4.57. The van der Waals surface area contributed by atoms with Crippen molar-refractivity contribution < 1.29 is 26.7 Å². The van der Waals surface area contributed by atoms with Crippen molar-refractivity contribution >= 4 is 10.0 Å². The van der Waals surface area contributed by atoms with Crippen molar-refractivity contribution in [1.82, 2.24) is 4.72 Å². The molecule has 2 N–H and O–H groups in total. The molecule has 0 spiro atoms. The Morgan fingerprint density at radius 3 is 2.07 bits per heavy atom. The number of aliphatic hydroxyl groups is 1. The van der Waals surface area contributed by atoms with Crippen molar-refractivity contribution in [3.8, 4) is 11.1 Å². The van der Waals surface area contributed by atoms with Gasteiger partial charge in [0.1, 0.15) is 17.5 Å². The molecule has 0 atom stereocenters. The van der Waals surface area contributed by atoms with Crippen LogP contribution in [0.4, 0.5) is 13.2 Å². The van der Waals surface area contributed by atoms with E-state index in [0.29, 0.717) is 37.8 Å². The van der Waals surface area contributed by atoms with E-state index >= 15 is 0 Å². The summed E-state index contributed by atoms with van der Waals surface area (Å²) in [5, 5.41) is 9.95. The first kappa shape index (κ1) is 19.9. The van der Waals surface area contributed by atoms with Crippen LogP contribution in [0.2, 0.25) is 0 Å². The Morgan fingerprint density at radius 1 is 1.04 bits per heavy atom. The lowest BCUT2D eigenvalue weighted by molar-refractivity contribution is 0.0163. The maximum atomic E-state index is 13.9. The molecule has 146 valence electrons. The van der Waals surface area contributed by atoms with Crippen molar-refractivity contribution in [1.29, 1.82) is 0 Å². The van der Waals surface area contributed by atoms with Crippen LogP contribution in [0, 0.1) is 17.5 Å². The molecule has 0 aromatic heterocycles. The van der Waals surface area contributed by atoms with Crippen LogP contribution in [0.1, 0.15) is 32.6 Å². The van der Waals surface area contributed by atoms with Gasteiger partial charge in [0.2, 0.25) is 10.0 Å². The van der Waals surface area contributed by atoms with E-state index in [1.165, 1.54) is 24.3 Å². The summed E-state index contributed by atoms with van der Waals surface area (Å²) in [5.41, 5.74) is -1.08. The van der Waals surface area contributed by atoms with E-state index in [1.54, 1.807) is 6.92 Å². The highest BCUT2D eigenvalue weighted by atomic mass is 32.2.